The first-order chi connectivity index (χ1) is 2.41. The predicted octanol–water partition coefficient (Wildman–Crippen LogP) is 0.671. The summed E-state index contributed by atoms with van der Waals surface area (Å²) in [6.45, 7) is 7.89. The molecule has 0 aliphatic heterocycles. The van der Waals surface area contributed by atoms with E-state index in [-0.39, 0.29) is 0 Å². The molecule has 0 aromatic carbocycles. The van der Waals surface area contributed by atoms with Crippen LogP contribution in [0.3, 0.4) is 0 Å². The van der Waals surface area contributed by atoms with E-state index < -0.39 is 0 Å². The highest BCUT2D eigenvalue weighted by Crippen LogP contribution is 1.63. The molecule has 0 saturated carbocycles. The first kappa shape index (κ1) is 4.96. The van der Waals surface area contributed by atoms with Crippen molar-refractivity contribution >= 4 is 0 Å². The molecule has 0 radical (unpaired) electrons. The van der Waals surface area contributed by atoms with Crippen LogP contribution in [0.5, 0.6) is 0 Å². The second kappa shape index (κ2) is 3.96. The third kappa shape index (κ3) is 3.96. The summed E-state index contributed by atoms with van der Waals surface area (Å²) in [4.78, 5) is 0. The Morgan fingerprint density at radius 2 is 1.60 bits per heavy atom. The summed E-state index contributed by atoms with van der Waals surface area (Å²) in [5.41, 5.74) is 0. The topological polar surface area (TPSA) is 9.23 Å². The maximum atomic E-state index is 4.61. The highest BCUT2D eigenvalue weighted by Gasteiger charge is 1.50. The Labute approximate surface area is 32.9 Å². The molecule has 0 spiro atoms. The molecule has 1 heteroatoms. The Balaban J connectivity index is 2.19. The maximum absolute atomic E-state index is 4.61. The van der Waals surface area contributed by atoms with Crippen molar-refractivity contribution in [1.29, 1.82) is 0 Å². The van der Waals surface area contributed by atoms with Crippen molar-refractivity contribution in [2.45, 2.75) is 0 Å². The van der Waals surface area contributed by atoms with Gasteiger partial charge in [-0.3, -0.25) is 0 Å². The van der Waals surface area contributed by atoms with Crippen LogP contribution in [0, 0.1) is 13.8 Å². The summed E-state index contributed by atoms with van der Waals surface area (Å²) in [5.74, 6) is 0. The standard InChI is InChI=1S/C4H8O/c1-3-5-4-2/h1-4H2/q-2. The van der Waals surface area contributed by atoms with E-state index in [9.17, 15) is 0 Å². The summed E-state index contributed by atoms with van der Waals surface area (Å²) in [5, 5.41) is 0. The number of hydrogen-bond acceptors (Lipinski definition) is 1. The zero-order chi connectivity index (χ0) is 4.12. The molecule has 1 nitrogen and oxygen atoms in total. The van der Waals surface area contributed by atoms with E-state index in [2.05, 4.69) is 18.6 Å². The smallest absolute Gasteiger partial charge is 0.0828 e. The molecule has 0 saturated heterocycles. The minimum atomic E-state index is 0.531. The Bertz CT molecular complexity index is 11.1. The lowest BCUT2D eigenvalue weighted by atomic mass is 10.8. The molecule has 0 bridgehead atoms. The van der Waals surface area contributed by atoms with Crippen LogP contribution in [0.25, 0.3) is 0 Å². The first-order valence-corrected chi connectivity index (χ1v) is 1.58. The van der Waals surface area contributed by atoms with Gasteiger partial charge >= 0.3 is 0 Å². The molecule has 0 unspecified atom stereocenters. The van der Waals surface area contributed by atoms with Crippen molar-refractivity contribution in [2.75, 3.05) is 13.2 Å². The molecule has 0 heterocycles. The molecule has 0 N–H and O–H groups in total. The van der Waals surface area contributed by atoms with E-state index in [0.717, 1.165) is 0 Å². The van der Waals surface area contributed by atoms with E-state index in [4.69, 9.17) is 0 Å². The molecule has 0 atom stereocenters. The van der Waals surface area contributed by atoms with E-state index in [0.29, 0.717) is 13.2 Å². The summed E-state index contributed by atoms with van der Waals surface area (Å²) in [6.07, 6.45) is 0. The highest BCUT2D eigenvalue weighted by molar-refractivity contribution is 4.31. The van der Waals surface area contributed by atoms with Crippen molar-refractivity contribution < 1.29 is 4.74 Å². The second-order valence-corrected chi connectivity index (χ2v) is 0.612. The second-order valence-electron chi connectivity index (χ2n) is 0.612. The minimum absolute atomic E-state index is 0.531. The normalized spacial score (nSPS) is 8.40. The molecule has 0 aromatic rings. The molecular formula is C4H8O-2. The lowest BCUT2D eigenvalue weighted by Gasteiger charge is -1.98. The quantitative estimate of drug-likeness (QED) is 0.436. The molecule has 0 aromatic heterocycles. The van der Waals surface area contributed by atoms with Crippen LogP contribution in [0.4, 0.5) is 0 Å². The van der Waals surface area contributed by atoms with Crippen molar-refractivity contribution in [2.24, 2.45) is 0 Å². The van der Waals surface area contributed by atoms with Gasteiger partial charge in [-0.05, 0) is 0 Å². The highest BCUT2D eigenvalue weighted by atomic mass is 16.5. The Morgan fingerprint density at radius 3 is 1.60 bits per heavy atom. The van der Waals surface area contributed by atoms with Crippen LogP contribution in [0.2, 0.25) is 0 Å². The predicted molar refractivity (Wildman–Crippen MR) is 21.5 cm³/mol. The molecule has 5 heavy (non-hydrogen) atoms. The fourth-order valence-electron chi connectivity index (χ4n) is 0.102. The molecule has 0 aliphatic carbocycles. The van der Waals surface area contributed by atoms with Gasteiger partial charge in [0.25, 0.3) is 0 Å². The van der Waals surface area contributed by atoms with Crippen LogP contribution < -0.4 is 0 Å². The molecular weight excluding hydrogens is 64.0 g/mol. The SMILES string of the molecule is [CH2-]COC[CH2-]. The lowest BCUT2D eigenvalue weighted by molar-refractivity contribution is 0.191. The monoisotopic (exact) mass is 72.1 g/mol. The van der Waals surface area contributed by atoms with Gasteiger partial charge in [0.05, 0.1) is 0 Å². The minimum Gasteiger partial charge on any atom is -0.445 e. The van der Waals surface area contributed by atoms with Gasteiger partial charge < -0.3 is 18.6 Å². The number of rotatable bonds is 2. The van der Waals surface area contributed by atoms with Gasteiger partial charge in [-0.15, -0.1) is 0 Å². The van der Waals surface area contributed by atoms with E-state index in [1.807, 2.05) is 0 Å². The lowest BCUT2D eigenvalue weighted by Crippen LogP contribution is -1.85. The molecule has 32 valence electrons. The summed E-state index contributed by atoms with van der Waals surface area (Å²) in [7, 11) is 0. The summed E-state index contributed by atoms with van der Waals surface area (Å²) >= 11 is 0. The van der Waals surface area contributed by atoms with Gasteiger partial charge in [-0.1, -0.05) is 13.2 Å². The van der Waals surface area contributed by atoms with Crippen LogP contribution in [-0.2, 0) is 4.74 Å². The van der Waals surface area contributed by atoms with E-state index in [1.165, 1.54) is 0 Å². The van der Waals surface area contributed by atoms with Gasteiger partial charge in [0, 0.05) is 0 Å². The van der Waals surface area contributed by atoms with Crippen molar-refractivity contribution in [3.8, 4) is 0 Å². The third-order valence-electron chi connectivity index (χ3n) is 0.289. The average molecular weight is 72.1 g/mol. The number of hydrogen-bond donors (Lipinski definition) is 0. The first-order valence-electron chi connectivity index (χ1n) is 1.58. The Kier molecular flexibility index (Phi) is 3.93. The average Bonchev–Trinajstić information content (AvgIpc) is 1.41. The number of ether oxygens (including phenoxy) is 1. The van der Waals surface area contributed by atoms with Gasteiger partial charge in [-0.25, -0.2) is 0 Å². The molecule has 0 aliphatic rings. The van der Waals surface area contributed by atoms with Crippen LogP contribution in [-0.4, -0.2) is 13.2 Å². The van der Waals surface area contributed by atoms with Crippen LogP contribution in [0.1, 0.15) is 0 Å². The zero-order valence-electron chi connectivity index (χ0n) is 3.24. The van der Waals surface area contributed by atoms with Crippen LogP contribution >= 0.6 is 0 Å². The van der Waals surface area contributed by atoms with Crippen molar-refractivity contribution in [3.05, 3.63) is 13.8 Å². The maximum Gasteiger partial charge on any atom is -0.0828 e. The Morgan fingerprint density at radius 1 is 1.20 bits per heavy atom. The van der Waals surface area contributed by atoms with Crippen molar-refractivity contribution in [3.63, 3.8) is 0 Å². The van der Waals surface area contributed by atoms with Crippen molar-refractivity contribution in [1.82, 2.24) is 0 Å². The zero-order valence-corrected chi connectivity index (χ0v) is 3.24. The molecule has 0 rings (SSSR count). The van der Waals surface area contributed by atoms with E-state index in [1.54, 1.807) is 0 Å². The fraction of sp³-hybridized carbons (Fsp3) is 0.500. The van der Waals surface area contributed by atoms with Gasteiger partial charge in [0.1, 0.15) is 0 Å². The largest absolute Gasteiger partial charge is 0.445 e. The van der Waals surface area contributed by atoms with Gasteiger partial charge in [-0.2, -0.15) is 0 Å². The van der Waals surface area contributed by atoms with Gasteiger partial charge in [0.2, 0.25) is 0 Å². The third-order valence-corrected chi connectivity index (χ3v) is 0.289. The van der Waals surface area contributed by atoms with Gasteiger partial charge in [0.15, 0.2) is 0 Å². The Hall–Kier alpha value is -0.0400. The molecule has 0 amide bonds. The molecule has 0 fully saturated rings. The van der Waals surface area contributed by atoms with E-state index >= 15 is 0 Å². The summed E-state index contributed by atoms with van der Waals surface area (Å²) < 4.78 is 4.61. The summed E-state index contributed by atoms with van der Waals surface area (Å²) in [6, 6.07) is 0. The fourth-order valence-corrected chi connectivity index (χ4v) is 0.102. The van der Waals surface area contributed by atoms with Crippen LogP contribution in [0.15, 0.2) is 0 Å².